The van der Waals surface area contributed by atoms with Gasteiger partial charge in [0.15, 0.2) is 0 Å². The second-order valence-corrected chi connectivity index (χ2v) is 3.13. The summed E-state index contributed by atoms with van der Waals surface area (Å²) in [6, 6.07) is 0. The Hall–Kier alpha value is -1.08. The molecule has 0 aromatic rings. The fraction of sp³-hybridized carbons (Fsp3) is 0.250. The van der Waals surface area contributed by atoms with Gasteiger partial charge in [0.2, 0.25) is 0 Å². The van der Waals surface area contributed by atoms with E-state index >= 15 is 0 Å². The zero-order chi connectivity index (χ0) is 9.68. The van der Waals surface area contributed by atoms with E-state index in [0.29, 0.717) is 12.5 Å². The molecule has 0 aromatic carbocycles. The van der Waals surface area contributed by atoms with Gasteiger partial charge in [-0.25, -0.2) is 0 Å². The monoisotopic (exact) mass is 175 g/mol. The molecule has 0 unspecified atom stereocenters. The Bertz CT molecular complexity index is 258. The first kappa shape index (κ1) is 10.0. The Morgan fingerprint density at radius 1 is 1.23 bits per heavy atom. The highest BCUT2D eigenvalue weighted by molar-refractivity contribution is 5.36. The van der Waals surface area contributed by atoms with Crippen molar-refractivity contribution >= 4 is 0 Å². The lowest BCUT2D eigenvalue weighted by molar-refractivity contribution is 0.314. The van der Waals surface area contributed by atoms with Crippen molar-refractivity contribution in [2.45, 2.75) is 19.3 Å². The van der Waals surface area contributed by atoms with Crippen molar-refractivity contribution in [3.8, 4) is 0 Å². The lowest BCUT2D eigenvalue weighted by Crippen LogP contribution is -2.05. The van der Waals surface area contributed by atoms with Crippen molar-refractivity contribution in [3.63, 3.8) is 0 Å². The summed E-state index contributed by atoms with van der Waals surface area (Å²) in [5.74, 6) is 0. The molecular formula is C12H15O. The van der Waals surface area contributed by atoms with Crippen LogP contribution in [-0.4, -0.2) is 5.11 Å². The zero-order valence-electron chi connectivity index (χ0n) is 7.79. The lowest BCUT2D eigenvalue weighted by atomic mass is 9.92. The SMILES string of the molecule is C=CCC1=CC=C(CC=C)[C](O)C1. The Morgan fingerprint density at radius 2 is 1.92 bits per heavy atom. The molecule has 0 saturated carbocycles. The molecular weight excluding hydrogens is 160 g/mol. The van der Waals surface area contributed by atoms with Gasteiger partial charge >= 0.3 is 0 Å². The highest BCUT2D eigenvalue weighted by Crippen LogP contribution is 2.28. The summed E-state index contributed by atoms with van der Waals surface area (Å²) in [5.41, 5.74) is 2.18. The van der Waals surface area contributed by atoms with Crippen molar-refractivity contribution < 1.29 is 5.11 Å². The molecule has 0 fully saturated rings. The molecule has 0 bridgehead atoms. The first-order valence-electron chi connectivity index (χ1n) is 4.43. The minimum atomic E-state index is 0.472. The molecule has 0 atom stereocenters. The van der Waals surface area contributed by atoms with E-state index in [0.717, 1.165) is 18.4 Å². The molecule has 1 N–H and O–H groups in total. The van der Waals surface area contributed by atoms with Gasteiger partial charge in [-0.15, -0.1) is 13.2 Å². The quantitative estimate of drug-likeness (QED) is 0.650. The third kappa shape index (κ3) is 2.71. The van der Waals surface area contributed by atoms with E-state index in [1.54, 1.807) is 6.08 Å². The Morgan fingerprint density at radius 3 is 2.46 bits per heavy atom. The van der Waals surface area contributed by atoms with Crippen LogP contribution in [0.2, 0.25) is 0 Å². The molecule has 0 aliphatic heterocycles. The van der Waals surface area contributed by atoms with Gasteiger partial charge in [-0.1, -0.05) is 29.9 Å². The van der Waals surface area contributed by atoms with Crippen LogP contribution in [0, 0.1) is 6.10 Å². The van der Waals surface area contributed by atoms with Crippen LogP contribution in [0.15, 0.2) is 48.6 Å². The van der Waals surface area contributed by atoms with Gasteiger partial charge in [0.25, 0.3) is 0 Å². The van der Waals surface area contributed by atoms with E-state index in [1.807, 2.05) is 12.2 Å². The summed E-state index contributed by atoms with van der Waals surface area (Å²) < 4.78 is 0. The molecule has 1 heteroatoms. The Kier molecular flexibility index (Phi) is 3.71. The maximum Gasteiger partial charge on any atom is 0.123 e. The molecule has 1 nitrogen and oxygen atoms in total. The standard InChI is InChI=1S/C12H15O/c1-3-5-10-7-8-11(6-4-2)12(13)9-10/h3-4,7-8,13H,1-2,5-6,9H2. The van der Waals surface area contributed by atoms with Crippen LogP contribution in [0.25, 0.3) is 0 Å². The summed E-state index contributed by atoms with van der Waals surface area (Å²) in [6.07, 6.45) is 10.4. The Balaban J connectivity index is 2.67. The molecule has 0 aromatic heterocycles. The lowest BCUT2D eigenvalue weighted by Gasteiger charge is -2.17. The van der Waals surface area contributed by atoms with Gasteiger partial charge in [-0.3, -0.25) is 0 Å². The number of rotatable bonds is 4. The predicted molar refractivity (Wildman–Crippen MR) is 55.6 cm³/mol. The third-order valence-corrected chi connectivity index (χ3v) is 2.06. The zero-order valence-corrected chi connectivity index (χ0v) is 7.79. The largest absolute Gasteiger partial charge is 0.382 e. The van der Waals surface area contributed by atoms with Gasteiger partial charge in [0.1, 0.15) is 6.10 Å². The normalized spacial score (nSPS) is 17.6. The van der Waals surface area contributed by atoms with Crippen molar-refractivity contribution in [3.05, 3.63) is 54.7 Å². The summed E-state index contributed by atoms with van der Waals surface area (Å²) in [5, 5.41) is 9.62. The summed E-state index contributed by atoms with van der Waals surface area (Å²) >= 11 is 0. The van der Waals surface area contributed by atoms with Crippen molar-refractivity contribution in [1.82, 2.24) is 0 Å². The maximum atomic E-state index is 9.62. The van der Waals surface area contributed by atoms with Crippen LogP contribution in [0.3, 0.4) is 0 Å². The number of aliphatic hydroxyl groups is 1. The summed E-state index contributed by atoms with van der Waals surface area (Å²) in [6.45, 7) is 7.31. The second kappa shape index (κ2) is 4.83. The predicted octanol–water partition coefficient (Wildman–Crippen LogP) is 3.30. The molecule has 1 rings (SSSR count). The van der Waals surface area contributed by atoms with Crippen LogP contribution in [0.5, 0.6) is 0 Å². The van der Waals surface area contributed by atoms with Crippen LogP contribution in [0.4, 0.5) is 0 Å². The van der Waals surface area contributed by atoms with Crippen LogP contribution >= 0.6 is 0 Å². The average molecular weight is 175 g/mol. The first-order valence-corrected chi connectivity index (χ1v) is 4.43. The average Bonchev–Trinajstić information content (AvgIpc) is 2.10. The number of hydrogen-bond acceptors (Lipinski definition) is 1. The molecule has 1 aliphatic carbocycles. The third-order valence-electron chi connectivity index (χ3n) is 2.06. The number of aliphatic hydroxyl groups excluding tert-OH is 1. The van der Waals surface area contributed by atoms with Crippen LogP contribution in [0.1, 0.15) is 19.3 Å². The molecule has 13 heavy (non-hydrogen) atoms. The Labute approximate surface area is 79.8 Å². The number of allylic oxidation sites excluding steroid dienone is 4. The van der Waals surface area contributed by atoms with E-state index in [-0.39, 0.29) is 0 Å². The van der Waals surface area contributed by atoms with Gasteiger partial charge in [-0.2, -0.15) is 0 Å². The minimum absolute atomic E-state index is 0.472. The summed E-state index contributed by atoms with van der Waals surface area (Å²) in [4.78, 5) is 0. The van der Waals surface area contributed by atoms with Gasteiger partial charge in [0, 0.05) is 6.42 Å². The van der Waals surface area contributed by atoms with Crippen LogP contribution < -0.4 is 0 Å². The smallest absolute Gasteiger partial charge is 0.123 e. The first-order chi connectivity index (χ1) is 6.27. The van der Waals surface area contributed by atoms with Gasteiger partial charge < -0.3 is 5.11 Å². The fourth-order valence-electron chi connectivity index (χ4n) is 1.37. The van der Waals surface area contributed by atoms with Crippen molar-refractivity contribution in [2.24, 2.45) is 0 Å². The molecule has 1 radical (unpaired) electrons. The van der Waals surface area contributed by atoms with Crippen LogP contribution in [-0.2, 0) is 0 Å². The van der Waals surface area contributed by atoms with E-state index in [2.05, 4.69) is 19.2 Å². The minimum Gasteiger partial charge on any atom is -0.382 e. The molecule has 0 saturated heterocycles. The van der Waals surface area contributed by atoms with E-state index < -0.39 is 0 Å². The van der Waals surface area contributed by atoms with E-state index in [4.69, 9.17) is 0 Å². The van der Waals surface area contributed by atoms with Gasteiger partial charge in [0.05, 0.1) is 0 Å². The van der Waals surface area contributed by atoms with Crippen molar-refractivity contribution in [1.29, 1.82) is 0 Å². The summed E-state index contributed by atoms with van der Waals surface area (Å²) in [7, 11) is 0. The molecule has 1 aliphatic rings. The van der Waals surface area contributed by atoms with Gasteiger partial charge in [-0.05, 0) is 18.4 Å². The molecule has 0 heterocycles. The highest BCUT2D eigenvalue weighted by atomic mass is 16.3. The van der Waals surface area contributed by atoms with E-state index in [1.165, 1.54) is 5.57 Å². The molecule has 69 valence electrons. The highest BCUT2D eigenvalue weighted by Gasteiger charge is 2.15. The topological polar surface area (TPSA) is 20.2 Å². The van der Waals surface area contributed by atoms with E-state index in [9.17, 15) is 5.11 Å². The second-order valence-electron chi connectivity index (χ2n) is 3.13. The molecule has 0 spiro atoms. The number of hydrogen-bond donors (Lipinski definition) is 1. The maximum absolute atomic E-state index is 9.62. The molecule has 0 amide bonds. The van der Waals surface area contributed by atoms with Crippen molar-refractivity contribution in [2.75, 3.05) is 0 Å². The fourth-order valence-corrected chi connectivity index (χ4v) is 1.37.